The molecule has 0 unspecified atom stereocenters. The van der Waals surface area contributed by atoms with Gasteiger partial charge in [0.25, 0.3) is 5.91 Å². The van der Waals surface area contributed by atoms with Crippen molar-refractivity contribution in [1.29, 1.82) is 0 Å². The molecule has 1 N–H and O–H groups in total. The van der Waals surface area contributed by atoms with Crippen LogP contribution < -0.4 is 5.32 Å². The van der Waals surface area contributed by atoms with Gasteiger partial charge in [-0.1, -0.05) is 42.1 Å². The molecule has 0 saturated heterocycles. The summed E-state index contributed by atoms with van der Waals surface area (Å²) in [6.07, 6.45) is 4.11. The number of carbonyl (C=O) groups excluding carboxylic acids is 1. The average Bonchev–Trinajstić information content (AvgIpc) is 2.94. The Morgan fingerprint density at radius 1 is 1.13 bits per heavy atom. The van der Waals surface area contributed by atoms with E-state index < -0.39 is 0 Å². The predicted octanol–water partition coefficient (Wildman–Crippen LogP) is 4.75. The van der Waals surface area contributed by atoms with Gasteiger partial charge in [-0.05, 0) is 31.2 Å². The number of amides is 1. The number of nitrogens with one attached hydrogen (secondary N) is 1. The van der Waals surface area contributed by atoms with Gasteiger partial charge in [0.1, 0.15) is 0 Å². The Morgan fingerprint density at radius 3 is 2.78 bits per heavy atom. The highest BCUT2D eigenvalue weighted by Crippen LogP contribution is 2.39. The minimum absolute atomic E-state index is 0.0398. The molecule has 1 aromatic heterocycles. The molecule has 23 heavy (non-hydrogen) atoms. The Kier molecular flexibility index (Phi) is 3.46. The minimum atomic E-state index is -0.0398. The van der Waals surface area contributed by atoms with Gasteiger partial charge in [0, 0.05) is 34.1 Å². The van der Waals surface area contributed by atoms with E-state index in [2.05, 4.69) is 35.1 Å². The molecule has 1 aliphatic rings. The number of para-hydroxylation sites is 2. The Balaban J connectivity index is 1.81. The molecule has 0 atom stereocenters. The normalized spacial score (nSPS) is 15.7. The SMILES string of the molecule is CCn1cc(/C=C2\Sc3ccccc3NC2=O)c2ccccc21. The highest BCUT2D eigenvalue weighted by Gasteiger charge is 2.21. The molecule has 1 aliphatic heterocycles. The van der Waals surface area contributed by atoms with Crippen LogP contribution in [0.3, 0.4) is 0 Å². The van der Waals surface area contributed by atoms with Crippen molar-refractivity contribution < 1.29 is 4.79 Å². The molecule has 114 valence electrons. The molecule has 0 saturated carbocycles. The third kappa shape index (κ3) is 2.45. The summed E-state index contributed by atoms with van der Waals surface area (Å²) >= 11 is 1.53. The summed E-state index contributed by atoms with van der Waals surface area (Å²) in [5.41, 5.74) is 3.17. The first-order chi connectivity index (χ1) is 11.3. The van der Waals surface area contributed by atoms with Crippen molar-refractivity contribution >= 4 is 40.3 Å². The van der Waals surface area contributed by atoms with Crippen LogP contribution >= 0.6 is 11.8 Å². The van der Waals surface area contributed by atoms with E-state index >= 15 is 0 Å². The Bertz CT molecular complexity index is 939. The van der Waals surface area contributed by atoms with Crippen LogP contribution in [0.25, 0.3) is 17.0 Å². The molecule has 0 radical (unpaired) electrons. The lowest BCUT2D eigenvalue weighted by Gasteiger charge is -2.18. The Hall–Kier alpha value is -2.46. The van der Waals surface area contributed by atoms with Gasteiger partial charge in [-0.2, -0.15) is 0 Å². The minimum Gasteiger partial charge on any atom is -0.347 e. The number of benzene rings is 2. The number of fused-ring (bicyclic) bond motifs is 2. The number of hydrogen-bond donors (Lipinski definition) is 1. The maximum Gasteiger partial charge on any atom is 0.262 e. The van der Waals surface area contributed by atoms with Crippen molar-refractivity contribution in [1.82, 2.24) is 4.57 Å². The summed E-state index contributed by atoms with van der Waals surface area (Å²) in [6.45, 7) is 3.04. The van der Waals surface area contributed by atoms with Gasteiger partial charge in [-0.15, -0.1) is 0 Å². The molecule has 4 heteroatoms. The maximum atomic E-state index is 12.4. The van der Waals surface area contributed by atoms with E-state index in [0.717, 1.165) is 27.6 Å². The summed E-state index contributed by atoms with van der Waals surface area (Å²) in [5.74, 6) is -0.0398. The second kappa shape index (κ2) is 5.63. The Labute approximate surface area is 139 Å². The third-order valence-electron chi connectivity index (χ3n) is 4.03. The van der Waals surface area contributed by atoms with Crippen LogP contribution in [0.5, 0.6) is 0 Å². The van der Waals surface area contributed by atoms with Crippen molar-refractivity contribution in [3.05, 3.63) is 65.2 Å². The molecule has 4 rings (SSSR count). The summed E-state index contributed by atoms with van der Waals surface area (Å²) in [5, 5.41) is 4.14. The first-order valence-electron chi connectivity index (χ1n) is 7.64. The van der Waals surface area contributed by atoms with E-state index in [-0.39, 0.29) is 5.91 Å². The van der Waals surface area contributed by atoms with Crippen molar-refractivity contribution in [3.8, 4) is 0 Å². The molecule has 2 heterocycles. The van der Waals surface area contributed by atoms with Gasteiger partial charge in [0.2, 0.25) is 0 Å². The number of anilines is 1. The predicted molar refractivity (Wildman–Crippen MR) is 96.5 cm³/mol. The summed E-state index contributed by atoms with van der Waals surface area (Å²) in [6, 6.07) is 16.2. The molecule has 0 bridgehead atoms. The highest BCUT2D eigenvalue weighted by atomic mass is 32.2. The standard InChI is InChI=1S/C19H16N2OS/c1-2-21-12-13(14-7-3-5-9-16(14)21)11-18-19(22)20-15-8-4-6-10-17(15)23-18/h3-12H,2H2,1H3,(H,20,22)/b18-11-. The molecule has 0 fully saturated rings. The van der Waals surface area contributed by atoms with Crippen LogP contribution in [-0.2, 0) is 11.3 Å². The number of hydrogen-bond acceptors (Lipinski definition) is 2. The second-order valence-electron chi connectivity index (χ2n) is 5.45. The van der Waals surface area contributed by atoms with Crippen LogP contribution in [0.15, 0.2) is 64.5 Å². The van der Waals surface area contributed by atoms with Crippen LogP contribution in [0.2, 0.25) is 0 Å². The molecular formula is C19H16N2OS. The zero-order chi connectivity index (χ0) is 15.8. The van der Waals surface area contributed by atoms with E-state index in [1.54, 1.807) is 0 Å². The van der Waals surface area contributed by atoms with E-state index in [1.807, 2.05) is 42.5 Å². The molecule has 3 aromatic rings. The zero-order valence-corrected chi connectivity index (χ0v) is 13.6. The first kappa shape index (κ1) is 14.2. The number of aryl methyl sites for hydroxylation is 1. The summed E-state index contributed by atoms with van der Waals surface area (Å²) < 4.78 is 2.21. The lowest BCUT2D eigenvalue weighted by Crippen LogP contribution is -2.16. The maximum absolute atomic E-state index is 12.4. The monoisotopic (exact) mass is 320 g/mol. The fourth-order valence-electron chi connectivity index (χ4n) is 2.90. The third-order valence-corrected chi connectivity index (χ3v) is 5.12. The van der Waals surface area contributed by atoms with Crippen molar-refractivity contribution in [2.45, 2.75) is 18.4 Å². The van der Waals surface area contributed by atoms with Gasteiger partial charge in [0.05, 0.1) is 10.6 Å². The number of nitrogens with zero attached hydrogens (tertiary/aromatic N) is 1. The number of carbonyl (C=O) groups is 1. The fraction of sp³-hybridized carbons (Fsp3) is 0.105. The first-order valence-corrected chi connectivity index (χ1v) is 8.45. The van der Waals surface area contributed by atoms with Gasteiger partial charge < -0.3 is 9.88 Å². The van der Waals surface area contributed by atoms with Gasteiger partial charge in [0.15, 0.2) is 0 Å². The quantitative estimate of drug-likeness (QED) is 0.692. The summed E-state index contributed by atoms with van der Waals surface area (Å²) in [7, 11) is 0. The van der Waals surface area contributed by atoms with E-state index in [4.69, 9.17) is 0 Å². The van der Waals surface area contributed by atoms with Crippen LogP contribution in [0, 0.1) is 0 Å². The smallest absolute Gasteiger partial charge is 0.262 e. The summed E-state index contributed by atoms with van der Waals surface area (Å²) in [4.78, 5) is 14.2. The van der Waals surface area contributed by atoms with Gasteiger partial charge in [-0.3, -0.25) is 4.79 Å². The van der Waals surface area contributed by atoms with Crippen LogP contribution in [0.4, 0.5) is 5.69 Å². The highest BCUT2D eigenvalue weighted by molar-refractivity contribution is 8.04. The molecular weight excluding hydrogens is 304 g/mol. The molecule has 1 amide bonds. The zero-order valence-electron chi connectivity index (χ0n) is 12.7. The van der Waals surface area contributed by atoms with Crippen molar-refractivity contribution in [2.24, 2.45) is 0 Å². The molecule has 0 aliphatic carbocycles. The van der Waals surface area contributed by atoms with E-state index in [1.165, 1.54) is 22.7 Å². The second-order valence-corrected chi connectivity index (χ2v) is 6.53. The molecule has 2 aromatic carbocycles. The largest absolute Gasteiger partial charge is 0.347 e. The van der Waals surface area contributed by atoms with Crippen LogP contribution in [-0.4, -0.2) is 10.5 Å². The average molecular weight is 320 g/mol. The lowest BCUT2D eigenvalue weighted by atomic mass is 10.1. The van der Waals surface area contributed by atoms with Crippen molar-refractivity contribution in [2.75, 3.05) is 5.32 Å². The number of rotatable bonds is 2. The fourth-order valence-corrected chi connectivity index (χ4v) is 3.84. The lowest BCUT2D eigenvalue weighted by molar-refractivity contribution is -0.112. The van der Waals surface area contributed by atoms with E-state index in [9.17, 15) is 4.79 Å². The number of thioether (sulfide) groups is 1. The topological polar surface area (TPSA) is 34.0 Å². The van der Waals surface area contributed by atoms with Gasteiger partial charge >= 0.3 is 0 Å². The molecule has 0 spiro atoms. The van der Waals surface area contributed by atoms with Crippen molar-refractivity contribution in [3.63, 3.8) is 0 Å². The van der Waals surface area contributed by atoms with E-state index in [0.29, 0.717) is 0 Å². The molecule has 3 nitrogen and oxygen atoms in total. The Morgan fingerprint density at radius 2 is 1.91 bits per heavy atom. The van der Waals surface area contributed by atoms with Gasteiger partial charge in [-0.25, -0.2) is 0 Å². The number of aromatic nitrogens is 1. The van der Waals surface area contributed by atoms with Crippen LogP contribution in [0.1, 0.15) is 12.5 Å².